The lowest BCUT2D eigenvalue weighted by Crippen LogP contribution is -2.22. The molecule has 4 rings (SSSR count). The van der Waals surface area contributed by atoms with Crippen molar-refractivity contribution in [3.05, 3.63) is 89.5 Å². The SMILES string of the molecule is COc1cccc(CN(Cc2cccc(OC)c2)c2nc(COCCOCCn3ccnc3)cs2)c1. The van der Waals surface area contributed by atoms with E-state index in [0.29, 0.717) is 39.5 Å². The standard InChI is InChI=1S/C27H32N4O4S/c1-32-25-7-3-5-22(15-25)17-31(18-23-6-4-8-26(16-23)33-2)27-29-24(20-36-27)19-35-14-13-34-12-11-30-10-9-28-21-30/h3-10,15-16,20-21H,11-14,17-19H2,1-2H3. The highest BCUT2D eigenvalue weighted by molar-refractivity contribution is 7.13. The molecule has 0 amide bonds. The van der Waals surface area contributed by atoms with Crippen molar-refractivity contribution < 1.29 is 18.9 Å². The van der Waals surface area contributed by atoms with Crippen molar-refractivity contribution in [2.24, 2.45) is 0 Å². The Hall–Kier alpha value is -3.40. The molecule has 0 radical (unpaired) electrons. The summed E-state index contributed by atoms with van der Waals surface area (Å²) in [5.74, 6) is 1.68. The summed E-state index contributed by atoms with van der Waals surface area (Å²) in [4.78, 5) is 11.1. The molecule has 4 aromatic rings. The molecule has 2 aromatic carbocycles. The number of hydrogen-bond donors (Lipinski definition) is 0. The number of ether oxygens (including phenoxy) is 4. The maximum Gasteiger partial charge on any atom is 0.186 e. The molecule has 190 valence electrons. The molecule has 9 heteroatoms. The number of rotatable bonds is 15. The van der Waals surface area contributed by atoms with Crippen LogP contribution in [-0.4, -0.2) is 48.6 Å². The summed E-state index contributed by atoms with van der Waals surface area (Å²) in [5.41, 5.74) is 3.21. The summed E-state index contributed by atoms with van der Waals surface area (Å²) < 4.78 is 24.2. The summed E-state index contributed by atoms with van der Waals surface area (Å²) >= 11 is 1.62. The van der Waals surface area contributed by atoms with Crippen molar-refractivity contribution in [3.63, 3.8) is 0 Å². The molecule has 0 spiro atoms. The molecule has 2 heterocycles. The molecule has 0 aliphatic carbocycles. The van der Waals surface area contributed by atoms with E-state index in [2.05, 4.69) is 39.5 Å². The minimum Gasteiger partial charge on any atom is -0.497 e. The molecule has 0 saturated heterocycles. The number of nitrogens with zero attached hydrogens (tertiary/aromatic N) is 4. The van der Waals surface area contributed by atoms with E-state index in [1.807, 2.05) is 35.0 Å². The van der Waals surface area contributed by atoms with E-state index in [0.717, 1.165) is 40.0 Å². The number of imidazole rings is 1. The van der Waals surface area contributed by atoms with Gasteiger partial charge in [-0.15, -0.1) is 11.3 Å². The minimum absolute atomic E-state index is 0.452. The van der Waals surface area contributed by atoms with Crippen LogP contribution in [0.25, 0.3) is 0 Å². The van der Waals surface area contributed by atoms with E-state index in [1.165, 1.54) is 0 Å². The fourth-order valence-corrected chi connectivity index (χ4v) is 4.48. The summed E-state index contributed by atoms with van der Waals surface area (Å²) in [7, 11) is 3.37. The van der Waals surface area contributed by atoms with Gasteiger partial charge < -0.3 is 28.4 Å². The Labute approximate surface area is 216 Å². The Morgan fingerprint density at radius 3 is 2.22 bits per heavy atom. The lowest BCUT2D eigenvalue weighted by Gasteiger charge is -2.22. The first kappa shape index (κ1) is 25.7. The highest BCUT2D eigenvalue weighted by Crippen LogP contribution is 2.27. The zero-order valence-electron chi connectivity index (χ0n) is 20.7. The van der Waals surface area contributed by atoms with E-state index in [9.17, 15) is 0 Å². The maximum absolute atomic E-state index is 5.80. The lowest BCUT2D eigenvalue weighted by atomic mass is 10.1. The lowest BCUT2D eigenvalue weighted by molar-refractivity contribution is 0.0370. The average Bonchev–Trinajstić information content (AvgIpc) is 3.60. The van der Waals surface area contributed by atoms with Crippen LogP contribution in [0.3, 0.4) is 0 Å². The quantitative estimate of drug-likeness (QED) is 0.214. The fourth-order valence-electron chi connectivity index (χ4n) is 3.67. The Balaban J connectivity index is 1.33. The molecule has 36 heavy (non-hydrogen) atoms. The van der Waals surface area contributed by atoms with Crippen LogP contribution in [-0.2, 0) is 35.7 Å². The van der Waals surface area contributed by atoms with Gasteiger partial charge >= 0.3 is 0 Å². The van der Waals surface area contributed by atoms with Crippen LogP contribution in [0.1, 0.15) is 16.8 Å². The summed E-state index contributed by atoms with van der Waals surface area (Å²) in [6.07, 6.45) is 5.47. The van der Waals surface area contributed by atoms with Crippen molar-refractivity contribution in [3.8, 4) is 11.5 Å². The minimum atomic E-state index is 0.452. The van der Waals surface area contributed by atoms with Crippen LogP contribution >= 0.6 is 11.3 Å². The van der Waals surface area contributed by atoms with Crippen molar-refractivity contribution >= 4 is 16.5 Å². The molecule has 0 fully saturated rings. The molecule has 0 aliphatic heterocycles. The molecule has 8 nitrogen and oxygen atoms in total. The Kier molecular flexibility index (Phi) is 9.72. The highest BCUT2D eigenvalue weighted by Gasteiger charge is 2.14. The third-order valence-electron chi connectivity index (χ3n) is 5.50. The van der Waals surface area contributed by atoms with Crippen LogP contribution in [0.5, 0.6) is 11.5 Å². The van der Waals surface area contributed by atoms with Gasteiger partial charge in [0.1, 0.15) is 11.5 Å². The Morgan fingerprint density at radius 2 is 1.58 bits per heavy atom. The number of aromatic nitrogens is 3. The van der Waals surface area contributed by atoms with Crippen LogP contribution in [0.15, 0.2) is 72.6 Å². The zero-order valence-corrected chi connectivity index (χ0v) is 21.5. The topological polar surface area (TPSA) is 70.9 Å². The fraction of sp³-hybridized carbons (Fsp3) is 0.333. The van der Waals surface area contributed by atoms with Gasteiger partial charge in [-0.2, -0.15) is 0 Å². The molecule has 0 saturated carbocycles. The van der Waals surface area contributed by atoms with E-state index in [-0.39, 0.29) is 0 Å². The molecule has 0 unspecified atom stereocenters. The smallest absolute Gasteiger partial charge is 0.186 e. The average molecular weight is 509 g/mol. The van der Waals surface area contributed by atoms with Crippen molar-refractivity contribution in [2.75, 3.05) is 38.9 Å². The summed E-state index contributed by atoms with van der Waals surface area (Å²) in [6.45, 7) is 4.33. The van der Waals surface area contributed by atoms with E-state index < -0.39 is 0 Å². The van der Waals surface area contributed by atoms with Gasteiger partial charge in [0.2, 0.25) is 0 Å². The van der Waals surface area contributed by atoms with Gasteiger partial charge in [-0.3, -0.25) is 0 Å². The Morgan fingerprint density at radius 1 is 0.889 bits per heavy atom. The van der Waals surface area contributed by atoms with Gasteiger partial charge in [0.25, 0.3) is 0 Å². The van der Waals surface area contributed by atoms with Gasteiger partial charge in [-0.1, -0.05) is 24.3 Å². The molecule has 0 atom stereocenters. The van der Waals surface area contributed by atoms with Gasteiger partial charge in [-0.25, -0.2) is 9.97 Å². The second kappa shape index (κ2) is 13.6. The summed E-state index contributed by atoms with van der Waals surface area (Å²) in [6, 6.07) is 16.3. The molecular formula is C27H32N4O4S. The highest BCUT2D eigenvalue weighted by atomic mass is 32.1. The van der Waals surface area contributed by atoms with Crippen LogP contribution in [0, 0.1) is 0 Å². The third-order valence-corrected chi connectivity index (χ3v) is 6.45. The van der Waals surface area contributed by atoms with Crippen LogP contribution in [0.4, 0.5) is 5.13 Å². The predicted molar refractivity (Wildman–Crippen MR) is 141 cm³/mol. The first-order valence-corrected chi connectivity index (χ1v) is 12.7. The monoisotopic (exact) mass is 508 g/mol. The molecule has 0 aliphatic rings. The molecule has 0 bridgehead atoms. The first-order chi connectivity index (χ1) is 17.7. The predicted octanol–water partition coefficient (Wildman–Crippen LogP) is 4.80. The molecule has 2 aromatic heterocycles. The second-order valence-corrected chi connectivity index (χ2v) is 8.98. The largest absolute Gasteiger partial charge is 0.497 e. The van der Waals surface area contributed by atoms with Gasteiger partial charge in [-0.05, 0) is 35.4 Å². The zero-order chi connectivity index (χ0) is 25.0. The van der Waals surface area contributed by atoms with Gasteiger partial charge in [0, 0.05) is 37.4 Å². The van der Waals surface area contributed by atoms with Gasteiger partial charge in [0.05, 0.1) is 52.7 Å². The number of benzene rings is 2. The van der Waals surface area contributed by atoms with Crippen molar-refractivity contribution in [2.45, 2.75) is 26.2 Å². The van der Waals surface area contributed by atoms with E-state index in [4.69, 9.17) is 23.9 Å². The normalized spacial score (nSPS) is 10.9. The number of methoxy groups -OCH3 is 2. The van der Waals surface area contributed by atoms with Crippen molar-refractivity contribution in [1.82, 2.24) is 14.5 Å². The van der Waals surface area contributed by atoms with E-state index >= 15 is 0 Å². The molecule has 0 N–H and O–H groups in total. The van der Waals surface area contributed by atoms with E-state index in [1.54, 1.807) is 38.1 Å². The van der Waals surface area contributed by atoms with Crippen LogP contribution in [0.2, 0.25) is 0 Å². The number of thiazole rings is 1. The third kappa shape index (κ3) is 7.81. The van der Waals surface area contributed by atoms with Crippen LogP contribution < -0.4 is 14.4 Å². The first-order valence-electron chi connectivity index (χ1n) is 11.8. The Bertz CT molecular complexity index is 1130. The summed E-state index contributed by atoms with van der Waals surface area (Å²) in [5, 5.41) is 3.00. The van der Waals surface area contributed by atoms with Crippen molar-refractivity contribution in [1.29, 1.82) is 0 Å². The number of anilines is 1. The molecular weight excluding hydrogens is 476 g/mol. The number of hydrogen-bond acceptors (Lipinski definition) is 8. The maximum atomic E-state index is 5.80. The second-order valence-electron chi connectivity index (χ2n) is 8.15. The van der Waals surface area contributed by atoms with Gasteiger partial charge in [0.15, 0.2) is 5.13 Å².